The van der Waals surface area contributed by atoms with Gasteiger partial charge in [-0.2, -0.15) is 0 Å². The molecule has 0 saturated heterocycles. The van der Waals surface area contributed by atoms with Gasteiger partial charge >= 0.3 is 0 Å². The molecule has 1 N–H and O–H groups in total. The minimum atomic E-state index is -3.65. The maximum atomic E-state index is 12.1. The minimum absolute atomic E-state index is 0.185. The van der Waals surface area contributed by atoms with Crippen LogP contribution in [0.15, 0.2) is 59.5 Å². The van der Waals surface area contributed by atoms with Crippen LogP contribution in [0.1, 0.15) is 30.9 Å². The van der Waals surface area contributed by atoms with E-state index in [0.717, 1.165) is 11.1 Å². The van der Waals surface area contributed by atoms with Gasteiger partial charge in [0.2, 0.25) is 0 Å². The highest BCUT2D eigenvalue weighted by molar-refractivity contribution is 7.89. The van der Waals surface area contributed by atoms with Crippen molar-refractivity contribution in [2.24, 2.45) is 0 Å². The third-order valence-corrected chi connectivity index (χ3v) is 4.34. The molecular weight excluding hydrogens is 286 g/mol. The minimum Gasteiger partial charge on any atom is -0.282 e. The quantitative estimate of drug-likeness (QED) is 0.834. The highest BCUT2D eigenvalue weighted by atomic mass is 32.2. The molecule has 0 aliphatic carbocycles. The van der Waals surface area contributed by atoms with E-state index in [4.69, 9.17) is 4.84 Å². The van der Waals surface area contributed by atoms with Crippen LogP contribution in [0, 0.1) is 0 Å². The van der Waals surface area contributed by atoms with Crippen LogP contribution in [0.5, 0.6) is 0 Å². The normalized spacial score (nSPS) is 11.8. The van der Waals surface area contributed by atoms with Crippen LogP contribution in [-0.4, -0.2) is 8.42 Å². The van der Waals surface area contributed by atoms with E-state index in [1.807, 2.05) is 42.5 Å². The van der Waals surface area contributed by atoms with Gasteiger partial charge in [0.05, 0.1) is 11.5 Å². The zero-order valence-corrected chi connectivity index (χ0v) is 12.9. The van der Waals surface area contributed by atoms with Crippen molar-refractivity contribution in [2.45, 2.75) is 31.3 Å². The zero-order valence-electron chi connectivity index (χ0n) is 12.1. The smallest absolute Gasteiger partial charge is 0.262 e. The van der Waals surface area contributed by atoms with E-state index >= 15 is 0 Å². The van der Waals surface area contributed by atoms with Gasteiger partial charge in [-0.15, -0.1) is 0 Å². The van der Waals surface area contributed by atoms with Crippen molar-refractivity contribution in [3.63, 3.8) is 0 Å². The molecule has 21 heavy (non-hydrogen) atoms. The summed E-state index contributed by atoms with van der Waals surface area (Å²) in [5.41, 5.74) is 1.99. The first-order valence-corrected chi connectivity index (χ1v) is 8.25. The zero-order chi connectivity index (χ0) is 15.3. The summed E-state index contributed by atoms with van der Waals surface area (Å²) in [5.74, 6) is 0.365. The number of hydrogen-bond acceptors (Lipinski definition) is 3. The summed E-state index contributed by atoms with van der Waals surface area (Å²) in [5, 5.41) is 0. The molecule has 0 amide bonds. The Morgan fingerprint density at radius 2 is 1.62 bits per heavy atom. The van der Waals surface area contributed by atoms with Crippen molar-refractivity contribution in [3.05, 3.63) is 65.7 Å². The molecule has 0 saturated carbocycles. The van der Waals surface area contributed by atoms with Crippen molar-refractivity contribution < 1.29 is 13.3 Å². The molecule has 2 aromatic carbocycles. The fraction of sp³-hybridized carbons (Fsp3) is 0.250. The third-order valence-electron chi connectivity index (χ3n) is 3.11. The SMILES string of the molecule is CC(C)c1ccc(S(=O)(=O)NOCc2ccccc2)cc1. The lowest BCUT2D eigenvalue weighted by Gasteiger charge is -2.09. The molecule has 0 bridgehead atoms. The van der Waals surface area contributed by atoms with E-state index in [1.165, 1.54) is 0 Å². The van der Waals surface area contributed by atoms with Crippen LogP contribution in [0.3, 0.4) is 0 Å². The first kappa shape index (κ1) is 15.7. The third kappa shape index (κ3) is 4.39. The van der Waals surface area contributed by atoms with E-state index in [-0.39, 0.29) is 11.5 Å². The number of nitrogens with one attached hydrogen (secondary N) is 1. The molecule has 112 valence electrons. The van der Waals surface area contributed by atoms with Gasteiger partial charge < -0.3 is 0 Å². The monoisotopic (exact) mass is 305 g/mol. The molecule has 4 nitrogen and oxygen atoms in total. The summed E-state index contributed by atoms with van der Waals surface area (Å²) in [6.45, 7) is 4.31. The molecule has 0 aliphatic heterocycles. The Morgan fingerprint density at radius 3 is 2.19 bits per heavy atom. The fourth-order valence-electron chi connectivity index (χ4n) is 1.84. The first-order chi connectivity index (χ1) is 9.99. The van der Waals surface area contributed by atoms with Crippen LogP contribution in [0.25, 0.3) is 0 Å². The van der Waals surface area contributed by atoms with Crippen LogP contribution >= 0.6 is 0 Å². The summed E-state index contributed by atoms with van der Waals surface area (Å²) in [6, 6.07) is 16.2. The van der Waals surface area contributed by atoms with Gasteiger partial charge in [-0.1, -0.05) is 61.2 Å². The van der Waals surface area contributed by atoms with Crippen LogP contribution in [-0.2, 0) is 21.5 Å². The van der Waals surface area contributed by atoms with E-state index in [2.05, 4.69) is 18.7 Å². The van der Waals surface area contributed by atoms with Gasteiger partial charge in [-0.25, -0.2) is 8.42 Å². The lowest BCUT2D eigenvalue weighted by Crippen LogP contribution is -2.24. The van der Waals surface area contributed by atoms with Crippen molar-refractivity contribution >= 4 is 10.0 Å². The topological polar surface area (TPSA) is 55.4 Å². The Morgan fingerprint density at radius 1 is 1.00 bits per heavy atom. The molecule has 0 aromatic heterocycles. The molecule has 0 unspecified atom stereocenters. The summed E-state index contributed by atoms with van der Waals surface area (Å²) in [6.07, 6.45) is 0. The van der Waals surface area contributed by atoms with E-state index in [0.29, 0.717) is 5.92 Å². The van der Waals surface area contributed by atoms with Gasteiger partial charge in [-0.3, -0.25) is 4.84 Å². The molecule has 0 fully saturated rings. The molecule has 0 heterocycles. The van der Waals surface area contributed by atoms with Crippen LogP contribution in [0.2, 0.25) is 0 Å². The molecule has 2 rings (SSSR count). The highest BCUT2D eigenvalue weighted by Crippen LogP contribution is 2.17. The average molecular weight is 305 g/mol. The highest BCUT2D eigenvalue weighted by Gasteiger charge is 2.14. The van der Waals surface area contributed by atoms with E-state index < -0.39 is 10.0 Å². The molecule has 0 aliphatic rings. The summed E-state index contributed by atoms with van der Waals surface area (Å²) < 4.78 is 24.1. The second-order valence-electron chi connectivity index (χ2n) is 5.08. The van der Waals surface area contributed by atoms with Gasteiger partial charge in [0.25, 0.3) is 10.0 Å². The number of benzene rings is 2. The molecule has 0 radical (unpaired) electrons. The Bertz CT molecular complexity index is 664. The predicted molar refractivity (Wildman–Crippen MR) is 82.1 cm³/mol. The van der Waals surface area contributed by atoms with Crippen LogP contribution < -0.4 is 4.89 Å². The molecule has 5 heteroatoms. The van der Waals surface area contributed by atoms with Crippen molar-refractivity contribution in [2.75, 3.05) is 0 Å². The van der Waals surface area contributed by atoms with Crippen LogP contribution in [0.4, 0.5) is 0 Å². The Balaban J connectivity index is 1.98. The Labute approximate surface area is 125 Å². The van der Waals surface area contributed by atoms with Crippen molar-refractivity contribution in [3.8, 4) is 0 Å². The van der Waals surface area contributed by atoms with Gasteiger partial charge in [0.15, 0.2) is 0 Å². The first-order valence-electron chi connectivity index (χ1n) is 6.76. The number of rotatable bonds is 6. The predicted octanol–water partition coefficient (Wildman–Crippen LogP) is 3.22. The second-order valence-corrected chi connectivity index (χ2v) is 6.73. The maximum Gasteiger partial charge on any atom is 0.262 e. The lowest BCUT2D eigenvalue weighted by atomic mass is 10.0. The lowest BCUT2D eigenvalue weighted by molar-refractivity contribution is 0.0795. The Kier molecular flexibility index (Phi) is 5.12. The van der Waals surface area contributed by atoms with Gasteiger partial charge in [0, 0.05) is 0 Å². The van der Waals surface area contributed by atoms with E-state index in [9.17, 15) is 8.42 Å². The van der Waals surface area contributed by atoms with Gasteiger partial charge in [-0.05, 0) is 29.2 Å². The summed E-state index contributed by atoms with van der Waals surface area (Å²) >= 11 is 0. The van der Waals surface area contributed by atoms with Crippen molar-refractivity contribution in [1.82, 2.24) is 4.89 Å². The standard InChI is InChI=1S/C16H19NO3S/c1-13(2)15-8-10-16(11-9-15)21(18,19)17-20-12-14-6-4-3-5-7-14/h3-11,13,17H,12H2,1-2H3. The molecule has 0 spiro atoms. The largest absolute Gasteiger partial charge is 0.282 e. The van der Waals surface area contributed by atoms with E-state index in [1.54, 1.807) is 12.1 Å². The second kappa shape index (κ2) is 6.85. The van der Waals surface area contributed by atoms with Gasteiger partial charge in [0.1, 0.15) is 0 Å². The molecule has 0 atom stereocenters. The van der Waals surface area contributed by atoms with Crippen molar-refractivity contribution in [1.29, 1.82) is 0 Å². The number of sulfonamides is 1. The maximum absolute atomic E-state index is 12.1. The average Bonchev–Trinajstić information content (AvgIpc) is 2.48. The summed E-state index contributed by atoms with van der Waals surface area (Å²) in [7, 11) is -3.65. The summed E-state index contributed by atoms with van der Waals surface area (Å²) in [4.78, 5) is 7.42. The Hall–Kier alpha value is -1.69. The molecular formula is C16H19NO3S. The number of hydrogen-bond donors (Lipinski definition) is 1. The fourth-order valence-corrected chi connectivity index (χ4v) is 2.65. The molecule has 2 aromatic rings.